The van der Waals surface area contributed by atoms with Crippen LogP contribution in [-0.4, -0.2) is 22.4 Å². The highest BCUT2D eigenvalue weighted by atomic mass is 127. The van der Waals surface area contributed by atoms with Crippen LogP contribution in [0.4, 0.5) is 4.79 Å². The molecule has 24 heavy (non-hydrogen) atoms. The molecule has 0 saturated heterocycles. The molecule has 1 aromatic carbocycles. The number of halogens is 1. The molecule has 1 fully saturated rings. The molecule has 5 heteroatoms. The zero-order chi connectivity index (χ0) is 17.6. The predicted molar refractivity (Wildman–Crippen MR) is 104 cm³/mol. The van der Waals surface area contributed by atoms with Gasteiger partial charge in [0.15, 0.2) is 0 Å². The summed E-state index contributed by atoms with van der Waals surface area (Å²) in [4.78, 5) is 11.6. The minimum Gasteiger partial charge on any atom is -0.465 e. The van der Waals surface area contributed by atoms with E-state index in [2.05, 4.69) is 34.8 Å². The Morgan fingerprint density at radius 2 is 2.12 bits per heavy atom. The van der Waals surface area contributed by atoms with Crippen molar-refractivity contribution in [3.63, 3.8) is 0 Å². The zero-order valence-corrected chi connectivity index (χ0v) is 16.5. The fourth-order valence-corrected chi connectivity index (χ4v) is 4.96. The number of rotatable bonds is 7. The lowest BCUT2D eigenvalue weighted by molar-refractivity contribution is 0.00691. The zero-order valence-electron chi connectivity index (χ0n) is 14.3. The van der Waals surface area contributed by atoms with Gasteiger partial charge in [-0.1, -0.05) is 57.2 Å². The van der Waals surface area contributed by atoms with Crippen LogP contribution < -0.4 is 5.32 Å². The van der Waals surface area contributed by atoms with E-state index in [0.717, 1.165) is 60.5 Å². The van der Waals surface area contributed by atoms with Gasteiger partial charge in [0, 0.05) is 9.49 Å². The second kappa shape index (κ2) is 9.04. The van der Waals surface area contributed by atoms with Crippen molar-refractivity contribution in [3.05, 3.63) is 33.4 Å². The third-order valence-corrected chi connectivity index (χ3v) is 6.16. The van der Waals surface area contributed by atoms with E-state index >= 15 is 0 Å². The largest absolute Gasteiger partial charge is 0.465 e. The Morgan fingerprint density at radius 3 is 2.79 bits per heavy atom. The summed E-state index contributed by atoms with van der Waals surface area (Å²) in [5.41, 5.74) is 0.320. The van der Waals surface area contributed by atoms with Gasteiger partial charge in [-0.05, 0) is 53.5 Å². The molecule has 0 aliphatic heterocycles. The third kappa shape index (κ3) is 4.42. The van der Waals surface area contributed by atoms with Crippen LogP contribution in [-0.2, 0) is 5.54 Å². The maximum Gasteiger partial charge on any atom is 0.405 e. The molecule has 1 aliphatic carbocycles. The normalized spacial score (nSPS) is 25.2. The number of nitrogens with one attached hydrogen (secondary N) is 1. The summed E-state index contributed by atoms with van der Waals surface area (Å²) in [6, 6.07) is 7.94. The van der Waals surface area contributed by atoms with Crippen molar-refractivity contribution >= 4 is 28.7 Å². The Hall–Kier alpha value is -0.820. The molecule has 1 aromatic rings. The fraction of sp³-hybridized carbons (Fsp3) is 0.632. The van der Waals surface area contributed by atoms with Crippen LogP contribution in [0.5, 0.6) is 0 Å². The van der Waals surface area contributed by atoms with Gasteiger partial charge in [-0.3, -0.25) is 0 Å². The summed E-state index contributed by atoms with van der Waals surface area (Å²) in [5.74, 6) is -0.0740. The van der Waals surface area contributed by atoms with Gasteiger partial charge in [-0.25, -0.2) is 4.79 Å². The van der Waals surface area contributed by atoms with Crippen LogP contribution >= 0.6 is 22.6 Å². The molecule has 1 aliphatic rings. The van der Waals surface area contributed by atoms with E-state index in [-0.39, 0.29) is 5.92 Å². The molecule has 3 unspecified atom stereocenters. The van der Waals surface area contributed by atoms with Crippen LogP contribution in [0.15, 0.2) is 24.3 Å². The number of carboxylic acid groups (broad SMARTS) is 1. The minimum atomic E-state index is -1.01. The first-order valence-corrected chi connectivity index (χ1v) is 10.0. The van der Waals surface area contributed by atoms with E-state index in [1.807, 2.05) is 24.3 Å². The molecule has 4 nitrogen and oxygen atoms in total. The SMILES string of the molecule is CCCCCC(O)C1CCCCC1(NC(=O)O)c1ccccc1I. The number of aliphatic hydroxyl groups excluding tert-OH is 1. The standard InChI is InChI=1S/C19H28INO3/c1-2-3-4-12-17(22)15-10-7-8-13-19(15,21-18(23)24)14-9-5-6-11-16(14)20/h5-6,9,11,15,17,21-22H,2-4,7-8,10,12-13H2,1H3,(H,23,24). The van der Waals surface area contributed by atoms with Gasteiger partial charge in [-0.2, -0.15) is 0 Å². The van der Waals surface area contributed by atoms with Gasteiger partial charge in [0.2, 0.25) is 0 Å². The van der Waals surface area contributed by atoms with E-state index in [1.165, 1.54) is 0 Å². The Labute approximate surface area is 158 Å². The summed E-state index contributed by atoms with van der Waals surface area (Å²) < 4.78 is 1.05. The average molecular weight is 445 g/mol. The van der Waals surface area contributed by atoms with Crippen molar-refractivity contribution in [3.8, 4) is 0 Å². The molecule has 0 bridgehead atoms. The molecule has 0 spiro atoms. The summed E-state index contributed by atoms with van der Waals surface area (Å²) in [7, 11) is 0. The van der Waals surface area contributed by atoms with Crippen molar-refractivity contribution in [2.75, 3.05) is 0 Å². The van der Waals surface area contributed by atoms with E-state index in [0.29, 0.717) is 0 Å². The number of hydrogen-bond donors (Lipinski definition) is 3. The molecule has 0 radical (unpaired) electrons. The molecule has 0 aromatic heterocycles. The minimum absolute atomic E-state index is 0.0740. The summed E-state index contributed by atoms with van der Waals surface area (Å²) in [6.45, 7) is 2.15. The monoisotopic (exact) mass is 445 g/mol. The first kappa shape index (κ1) is 19.5. The van der Waals surface area contributed by atoms with Crippen LogP contribution in [0, 0.1) is 9.49 Å². The Bertz CT molecular complexity index is 551. The number of aliphatic hydroxyl groups is 1. The highest BCUT2D eigenvalue weighted by molar-refractivity contribution is 14.1. The first-order valence-electron chi connectivity index (χ1n) is 8.95. The number of unbranched alkanes of at least 4 members (excludes halogenated alkanes) is 2. The molecule has 3 atom stereocenters. The summed E-state index contributed by atoms with van der Waals surface area (Å²) in [6.07, 6.45) is 6.09. The van der Waals surface area contributed by atoms with E-state index in [4.69, 9.17) is 0 Å². The number of amides is 1. The molecule has 1 amide bonds. The van der Waals surface area contributed by atoms with Gasteiger partial charge >= 0.3 is 6.09 Å². The smallest absolute Gasteiger partial charge is 0.405 e. The highest BCUT2D eigenvalue weighted by Gasteiger charge is 2.47. The number of hydrogen-bond acceptors (Lipinski definition) is 2. The van der Waals surface area contributed by atoms with E-state index in [9.17, 15) is 15.0 Å². The van der Waals surface area contributed by atoms with Crippen LogP contribution in [0.3, 0.4) is 0 Å². The molecule has 1 saturated carbocycles. The van der Waals surface area contributed by atoms with Crippen molar-refractivity contribution < 1.29 is 15.0 Å². The first-order chi connectivity index (χ1) is 11.5. The van der Waals surface area contributed by atoms with Crippen molar-refractivity contribution in [1.29, 1.82) is 0 Å². The van der Waals surface area contributed by atoms with Crippen LogP contribution in [0.2, 0.25) is 0 Å². The molecular weight excluding hydrogens is 417 g/mol. The summed E-state index contributed by atoms with van der Waals surface area (Å²) in [5, 5.41) is 23.2. The van der Waals surface area contributed by atoms with Crippen molar-refractivity contribution in [2.45, 2.75) is 69.9 Å². The van der Waals surface area contributed by atoms with Gasteiger partial charge in [0.05, 0.1) is 11.6 Å². The van der Waals surface area contributed by atoms with Crippen LogP contribution in [0.1, 0.15) is 63.9 Å². The lowest BCUT2D eigenvalue weighted by atomic mass is 9.66. The second-order valence-electron chi connectivity index (χ2n) is 6.80. The Balaban J connectivity index is 2.37. The maximum atomic E-state index is 11.6. The van der Waals surface area contributed by atoms with Gasteiger partial charge in [-0.15, -0.1) is 0 Å². The van der Waals surface area contributed by atoms with Gasteiger partial charge < -0.3 is 15.5 Å². The number of carbonyl (C=O) groups is 1. The Morgan fingerprint density at radius 1 is 1.38 bits per heavy atom. The third-order valence-electron chi connectivity index (χ3n) is 5.22. The molecular formula is C19H28INO3. The molecule has 134 valence electrons. The fourth-order valence-electron chi connectivity index (χ4n) is 4.10. The quantitative estimate of drug-likeness (QED) is 0.414. The molecule has 0 heterocycles. The molecule has 2 rings (SSSR count). The average Bonchev–Trinajstić information content (AvgIpc) is 2.55. The summed E-state index contributed by atoms with van der Waals surface area (Å²) >= 11 is 2.27. The molecule has 3 N–H and O–H groups in total. The Kier molecular flexibility index (Phi) is 7.34. The second-order valence-corrected chi connectivity index (χ2v) is 7.96. The number of benzene rings is 1. The topological polar surface area (TPSA) is 69.6 Å². The van der Waals surface area contributed by atoms with E-state index < -0.39 is 17.7 Å². The maximum absolute atomic E-state index is 11.6. The lowest BCUT2D eigenvalue weighted by Crippen LogP contribution is -2.56. The highest BCUT2D eigenvalue weighted by Crippen LogP contribution is 2.45. The van der Waals surface area contributed by atoms with Gasteiger partial charge in [0.1, 0.15) is 0 Å². The van der Waals surface area contributed by atoms with Gasteiger partial charge in [0.25, 0.3) is 0 Å². The predicted octanol–water partition coefficient (Wildman–Crippen LogP) is 4.89. The lowest BCUT2D eigenvalue weighted by Gasteiger charge is -2.47. The van der Waals surface area contributed by atoms with Crippen molar-refractivity contribution in [1.82, 2.24) is 5.32 Å². The van der Waals surface area contributed by atoms with E-state index in [1.54, 1.807) is 0 Å². The van der Waals surface area contributed by atoms with Crippen LogP contribution in [0.25, 0.3) is 0 Å². The van der Waals surface area contributed by atoms with Crippen molar-refractivity contribution in [2.24, 2.45) is 5.92 Å².